The molecule has 154 valence electrons. The SMILES string of the molecule is COc1cc(-c2nc(N)nc(N)c2C#N)ccc1OCc1cccc(C(F)(F)F)c1. The molecule has 0 fully saturated rings. The van der Waals surface area contributed by atoms with Crippen LogP contribution >= 0.6 is 0 Å². The number of rotatable bonds is 5. The lowest BCUT2D eigenvalue weighted by Gasteiger charge is -2.14. The highest BCUT2D eigenvalue weighted by atomic mass is 19.4. The average molecular weight is 415 g/mol. The second-order valence-electron chi connectivity index (χ2n) is 6.15. The summed E-state index contributed by atoms with van der Waals surface area (Å²) in [4.78, 5) is 7.83. The Balaban J connectivity index is 1.89. The molecule has 0 amide bonds. The van der Waals surface area contributed by atoms with Crippen LogP contribution in [0.5, 0.6) is 11.5 Å². The Labute approximate surface area is 169 Å². The van der Waals surface area contributed by atoms with Crippen molar-refractivity contribution in [2.75, 3.05) is 18.6 Å². The van der Waals surface area contributed by atoms with E-state index in [9.17, 15) is 18.4 Å². The smallest absolute Gasteiger partial charge is 0.416 e. The fraction of sp³-hybridized carbons (Fsp3) is 0.150. The molecule has 0 atom stereocenters. The zero-order valence-corrected chi connectivity index (χ0v) is 15.7. The number of ether oxygens (including phenoxy) is 2. The monoisotopic (exact) mass is 415 g/mol. The van der Waals surface area contributed by atoms with E-state index in [2.05, 4.69) is 9.97 Å². The number of hydrogen-bond acceptors (Lipinski definition) is 7. The Kier molecular flexibility index (Phi) is 5.64. The first kappa shape index (κ1) is 20.7. The Morgan fingerprint density at radius 3 is 2.50 bits per heavy atom. The summed E-state index contributed by atoms with van der Waals surface area (Å²) in [7, 11) is 1.41. The van der Waals surface area contributed by atoms with Gasteiger partial charge in [0.05, 0.1) is 18.4 Å². The lowest BCUT2D eigenvalue weighted by Crippen LogP contribution is -2.06. The van der Waals surface area contributed by atoms with Gasteiger partial charge in [0.15, 0.2) is 11.5 Å². The number of benzene rings is 2. The Morgan fingerprint density at radius 2 is 1.83 bits per heavy atom. The third-order valence-electron chi connectivity index (χ3n) is 4.15. The second kappa shape index (κ2) is 8.16. The van der Waals surface area contributed by atoms with Crippen molar-refractivity contribution in [2.24, 2.45) is 0 Å². The van der Waals surface area contributed by atoms with Crippen LogP contribution in [0.4, 0.5) is 24.9 Å². The Hall–Kier alpha value is -4.00. The van der Waals surface area contributed by atoms with Gasteiger partial charge in [0.25, 0.3) is 0 Å². The first-order valence-electron chi connectivity index (χ1n) is 8.53. The molecule has 30 heavy (non-hydrogen) atoms. The largest absolute Gasteiger partial charge is 0.493 e. The molecule has 0 aliphatic heterocycles. The number of aromatic nitrogens is 2. The molecule has 1 aromatic heterocycles. The van der Waals surface area contributed by atoms with Gasteiger partial charge < -0.3 is 20.9 Å². The minimum atomic E-state index is -4.44. The molecule has 4 N–H and O–H groups in total. The number of hydrogen-bond donors (Lipinski definition) is 2. The quantitative estimate of drug-likeness (QED) is 0.650. The summed E-state index contributed by atoms with van der Waals surface area (Å²) in [6.07, 6.45) is -4.44. The average Bonchev–Trinajstić information content (AvgIpc) is 2.71. The minimum absolute atomic E-state index is 0.0520. The van der Waals surface area contributed by atoms with Gasteiger partial charge in [0, 0.05) is 5.56 Å². The molecular weight excluding hydrogens is 399 g/mol. The third-order valence-corrected chi connectivity index (χ3v) is 4.15. The predicted octanol–water partition coefficient (Wildman–Crippen LogP) is 3.79. The molecule has 0 aliphatic rings. The number of nitrogen functional groups attached to an aromatic ring is 2. The maximum absolute atomic E-state index is 12.9. The highest BCUT2D eigenvalue weighted by molar-refractivity contribution is 5.74. The first-order chi connectivity index (χ1) is 14.2. The van der Waals surface area contributed by atoms with Gasteiger partial charge >= 0.3 is 6.18 Å². The lowest BCUT2D eigenvalue weighted by molar-refractivity contribution is -0.137. The fourth-order valence-electron chi connectivity index (χ4n) is 2.75. The van der Waals surface area contributed by atoms with Gasteiger partial charge in [-0.25, -0.2) is 4.98 Å². The first-order valence-corrected chi connectivity index (χ1v) is 8.53. The molecule has 0 spiro atoms. The van der Waals surface area contributed by atoms with Crippen LogP contribution in [-0.4, -0.2) is 17.1 Å². The molecule has 0 aliphatic carbocycles. The van der Waals surface area contributed by atoms with Crippen LogP contribution < -0.4 is 20.9 Å². The van der Waals surface area contributed by atoms with Crippen LogP contribution in [0.3, 0.4) is 0 Å². The Morgan fingerprint density at radius 1 is 1.07 bits per heavy atom. The molecule has 1 heterocycles. The van der Waals surface area contributed by atoms with Gasteiger partial charge in [-0.05, 0) is 35.9 Å². The van der Waals surface area contributed by atoms with Crippen molar-refractivity contribution < 1.29 is 22.6 Å². The molecule has 10 heteroatoms. The van der Waals surface area contributed by atoms with E-state index >= 15 is 0 Å². The van der Waals surface area contributed by atoms with E-state index in [0.717, 1.165) is 12.1 Å². The highest BCUT2D eigenvalue weighted by Gasteiger charge is 2.30. The van der Waals surface area contributed by atoms with Crippen LogP contribution in [-0.2, 0) is 12.8 Å². The molecule has 0 radical (unpaired) electrons. The number of nitrogens with two attached hydrogens (primary N) is 2. The van der Waals surface area contributed by atoms with Crippen molar-refractivity contribution in [3.8, 4) is 28.8 Å². The van der Waals surface area contributed by atoms with Gasteiger partial charge in [-0.1, -0.05) is 12.1 Å². The maximum atomic E-state index is 12.9. The number of nitriles is 1. The van der Waals surface area contributed by atoms with Gasteiger partial charge in [-0.15, -0.1) is 0 Å². The summed E-state index contributed by atoms with van der Waals surface area (Å²) in [5, 5.41) is 9.34. The molecule has 7 nitrogen and oxygen atoms in total. The fourth-order valence-corrected chi connectivity index (χ4v) is 2.75. The third kappa shape index (κ3) is 4.35. The van der Waals surface area contributed by atoms with Gasteiger partial charge in [-0.3, -0.25) is 0 Å². The molecule has 3 rings (SSSR count). The summed E-state index contributed by atoms with van der Waals surface area (Å²) in [6.45, 7) is -0.101. The van der Waals surface area contributed by atoms with Gasteiger partial charge in [-0.2, -0.15) is 23.4 Å². The molecule has 2 aromatic carbocycles. The van der Waals surface area contributed by atoms with Crippen molar-refractivity contribution in [1.82, 2.24) is 9.97 Å². The molecular formula is C20H16F3N5O2. The molecule has 0 bridgehead atoms. The van der Waals surface area contributed by atoms with Gasteiger partial charge in [0.1, 0.15) is 24.1 Å². The van der Waals surface area contributed by atoms with Crippen LogP contribution in [0.25, 0.3) is 11.3 Å². The van der Waals surface area contributed by atoms with Crippen molar-refractivity contribution in [3.05, 3.63) is 59.2 Å². The molecule has 3 aromatic rings. The highest BCUT2D eigenvalue weighted by Crippen LogP contribution is 2.35. The van der Waals surface area contributed by atoms with E-state index in [1.807, 2.05) is 6.07 Å². The molecule has 0 saturated carbocycles. The number of alkyl halides is 3. The number of methoxy groups -OCH3 is 1. The van der Waals surface area contributed by atoms with Crippen molar-refractivity contribution >= 4 is 11.8 Å². The normalized spacial score (nSPS) is 11.0. The van der Waals surface area contributed by atoms with Crippen molar-refractivity contribution in [2.45, 2.75) is 12.8 Å². The summed E-state index contributed by atoms with van der Waals surface area (Å²) in [5.41, 5.74) is 11.7. The number of halogens is 3. The van der Waals surface area contributed by atoms with Gasteiger partial charge in [0.2, 0.25) is 5.95 Å². The van der Waals surface area contributed by atoms with E-state index in [-0.39, 0.29) is 29.6 Å². The summed E-state index contributed by atoms with van der Waals surface area (Å²) < 4.78 is 49.5. The summed E-state index contributed by atoms with van der Waals surface area (Å²) in [6, 6.07) is 11.5. The summed E-state index contributed by atoms with van der Waals surface area (Å²) >= 11 is 0. The van der Waals surface area contributed by atoms with Crippen LogP contribution in [0.15, 0.2) is 42.5 Å². The zero-order valence-electron chi connectivity index (χ0n) is 15.7. The second-order valence-corrected chi connectivity index (χ2v) is 6.15. The maximum Gasteiger partial charge on any atom is 0.416 e. The van der Waals surface area contributed by atoms with E-state index in [0.29, 0.717) is 22.6 Å². The van der Waals surface area contributed by atoms with E-state index in [4.69, 9.17) is 20.9 Å². The predicted molar refractivity (Wildman–Crippen MR) is 103 cm³/mol. The molecule has 0 unspecified atom stereocenters. The standard InChI is InChI=1S/C20H16F3N5O2/c1-29-16-8-12(17-14(9-24)18(25)28-19(26)27-17)5-6-15(16)30-10-11-3-2-4-13(7-11)20(21,22)23/h2-8H,10H2,1H3,(H4,25,26,27,28). The number of anilines is 2. The van der Waals surface area contributed by atoms with Crippen molar-refractivity contribution in [1.29, 1.82) is 5.26 Å². The van der Waals surface area contributed by atoms with E-state index in [1.165, 1.54) is 19.2 Å². The van der Waals surface area contributed by atoms with Crippen LogP contribution in [0.2, 0.25) is 0 Å². The zero-order chi connectivity index (χ0) is 21.9. The topological polar surface area (TPSA) is 120 Å². The molecule has 0 saturated heterocycles. The summed E-state index contributed by atoms with van der Waals surface area (Å²) in [5.74, 6) is 0.445. The number of nitrogens with zero attached hydrogens (tertiary/aromatic N) is 3. The Bertz CT molecular complexity index is 1130. The van der Waals surface area contributed by atoms with Crippen LogP contribution in [0, 0.1) is 11.3 Å². The van der Waals surface area contributed by atoms with Crippen molar-refractivity contribution in [3.63, 3.8) is 0 Å². The lowest BCUT2D eigenvalue weighted by atomic mass is 10.1. The minimum Gasteiger partial charge on any atom is -0.493 e. The van der Waals surface area contributed by atoms with Crippen LogP contribution in [0.1, 0.15) is 16.7 Å². The van der Waals surface area contributed by atoms with E-state index in [1.54, 1.807) is 18.2 Å². The van der Waals surface area contributed by atoms with E-state index < -0.39 is 11.7 Å².